The van der Waals surface area contributed by atoms with Crippen molar-refractivity contribution in [3.8, 4) is 0 Å². The van der Waals surface area contributed by atoms with Crippen LogP contribution >= 0.6 is 0 Å². The Kier molecular flexibility index (Phi) is 2.74. The van der Waals surface area contributed by atoms with Crippen LogP contribution in [0, 0.1) is 11.2 Å². The van der Waals surface area contributed by atoms with Gasteiger partial charge in [0.15, 0.2) is 0 Å². The zero-order chi connectivity index (χ0) is 13.8. The molecular weight excluding hydrogens is 246 g/mol. The third kappa shape index (κ3) is 1.81. The zero-order valence-electron chi connectivity index (χ0n) is 10.2. The molecule has 1 fully saturated rings. The highest BCUT2D eigenvalue weighted by Gasteiger charge is 2.62. The van der Waals surface area contributed by atoms with E-state index in [1.165, 1.54) is 6.07 Å². The van der Waals surface area contributed by atoms with Crippen LogP contribution < -0.4 is 5.73 Å². The van der Waals surface area contributed by atoms with E-state index in [4.69, 9.17) is 5.73 Å². The lowest BCUT2D eigenvalue weighted by Gasteiger charge is -2.23. The Morgan fingerprint density at radius 3 is 2.22 bits per heavy atom. The van der Waals surface area contributed by atoms with Crippen molar-refractivity contribution >= 4 is 0 Å². The summed E-state index contributed by atoms with van der Waals surface area (Å²) in [7, 11) is 0. The van der Waals surface area contributed by atoms with Crippen molar-refractivity contribution in [2.24, 2.45) is 11.1 Å². The predicted molar refractivity (Wildman–Crippen MR) is 60.5 cm³/mol. The standard InChI is InChI=1S/C13H15F4N/c1-11(2)6-12(11,7-18)9-4-3-8(14)5-10(9)13(15,16)17/h3-5H,6-7,18H2,1-2H3. The number of hydrogen-bond donors (Lipinski definition) is 1. The Labute approximate surface area is 103 Å². The van der Waals surface area contributed by atoms with Gasteiger partial charge in [-0.25, -0.2) is 4.39 Å². The van der Waals surface area contributed by atoms with Gasteiger partial charge in [-0.15, -0.1) is 0 Å². The molecule has 1 aromatic carbocycles. The fraction of sp³-hybridized carbons (Fsp3) is 0.538. The molecule has 2 rings (SSSR count). The van der Waals surface area contributed by atoms with Crippen molar-refractivity contribution in [1.29, 1.82) is 0 Å². The highest BCUT2D eigenvalue weighted by Crippen LogP contribution is 2.65. The molecule has 1 unspecified atom stereocenters. The van der Waals surface area contributed by atoms with E-state index >= 15 is 0 Å². The summed E-state index contributed by atoms with van der Waals surface area (Å²) in [5, 5.41) is 0. The highest BCUT2D eigenvalue weighted by molar-refractivity contribution is 5.44. The largest absolute Gasteiger partial charge is 0.416 e. The lowest BCUT2D eigenvalue weighted by Crippen LogP contribution is -2.28. The van der Waals surface area contributed by atoms with E-state index < -0.39 is 23.0 Å². The molecule has 18 heavy (non-hydrogen) atoms. The number of halogens is 4. The number of benzene rings is 1. The lowest BCUT2D eigenvalue weighted by atomic mass is 9.84. The van der Waals surface area contributed by atoms with Gasteiger partial charge in [-0.2, -0.15) is 13.2 Å². The smallest absolute Gasteiger partial charge is 0.330 e. The highest BCUT2D eigenvalue weighted by atomic mass is 19.4. The van der Waals surface area contributed by atoms with Gasteiger partial charge in [0.05, 0.1) is 5.56 Å². The summed E-state index contributed by atoms with van der Waals surface area (Å²) in [6.07, 6.45) is -3.97. The quantitative estimate of drug-likeness (QED) is 0.810. The average molecular weight is 261 g/mol. The molecule has 100 valence electrons. The van der Waals surface area contributed by atoms with Gasteiger partial charge in [0.2, 0.25) is 0 Å². The second-order valence-electron chi connectivity index (χ2n) is 5.53. The molecule has 1 aromatic rings. The van der Waals surface area contributed by atoms with Gasteiger partial charge in [-0.1, -0.05) is 19.9 Å². The molecule has 1 nitrogen and oxygen atoms in total. The van der Waals surface area contributed by atoms with Gasteiger partial charge in [0.1, 0.15) is 5.82 Å². The number of hydrogen-bond acceptors (Lipinski definition) is 1. The molecule has 0 spiro atoms. The van der Waals surface area contributed by atoms with Crippen molar-refractivity contribution in [2.75, 3.05) is 6.54 Å². The Hall–Kier alpha value is -1.10. The SMILES string of the molecule is CC1(C)CC1(CN)c1ccc(F)cc1C(F)(F)F. The van der Waals surface area contributed by atoms with Crippen LogP contribution in [0.15, 0.2) is 18.2 Å². The monoisotopic (exact) mass is 261 g/mol. The molecule has 0 aromatic heterocycles. The average Bonchev–Trinajstić information content (AvgIpc) is 2.81. The van der Waals surface area contributed by atoms with Crippen LogP contribution in [0.2, 0.25) is 0 Å². The molecule has 1 saturated carbocycles. The summed E-state index contributed by atoms with van der Waals surface area (Å²) in [6, 6.07) is 2.84. The molecule has 2 N–H and O–H groups in total. The first-order valence-electron chi connectivity index (χ1n) is 5.71. The third-order valence-corrected chi connectivity index (χ3v) is 4.07. The zero-order valence-corrected chi connectivity index (χ0v) is 10.2. The second kappa shape index (κ2) is 3.70. The Bertz CT molecular complexity index is 478. The molecule has 1 aliphatic rings. The van der Waals surface area contributed by atoms with Crippen LogP contribution in [0.4, 0.5) is 17.6 Å². The number of alkyl halides is 3. The molecule has 0 heterocycles. The van der Waals surface area contributed by atoms with E-state index in [1.54, 1.807) is 0 Å². The predicted octanol–water partition coefficient (Wildman–Crippen LogP) is 3.47. The maximum Gasteiger partial charge on any atom is 0.416 e. The first kappa shape index (κ1) is 13.3. The van der Waals surface area contributed by atoms with E-state index in [9.17, 15) is 17.6 Å². The fourth-order valence-electron chi connectivity index (χ4n) is 2.80. The maximum atomic E-state index is 13.1. The van der Waals surface area contributed by atoms with E-state index in [0.717, 1.165) is 6.07 Å². The summed E-state index contributed by atoms with van der Waals surface area (Å²) in [4.78, 5) is 0. The van der Waals surface area contributed by atoms with Crippen LogP contribution in [-0.4, -0.2) is 6.54 Å². The van der Waals surface area contributed by atoms with Crippen LogP contribution in [0.5, 0.6) is 0 Å². The molecular formula is C13H15F4N. The Morgan fingerprint density at radius 2 is 1.83 bits per heavy atom. The first-order chi connectivity index (χ1) is 8.14. The van der Waals surface area contributed by atoms with Crippen LogP contribution in [0.3, 0.4) is 0 Å². The van der Waals surface area contributed by atoms with E-state index in [1.807, 2.05) is 13.8 Å². The van der Waals surface area contributed by atoms with Crippen molar-refractivity contribution in [3.63, 3.8) is 0 Å². The lowest BCUT2D eigenvalue weighted by molar-refractivity contribution is -0.138. The third-order valence-electron chi connectivity index (χ3n) is 4.07. The minimum atomic E-state index is -4.56. The van der Waals surface area contributed by atoms with E-state index in [2.05, 4.69) is 0 Å². The molecule has 1 aliphatic carbocycles. The minimum Gasteiger partial charge on any atom is -0.330 e. The summed E-state index contributed by atoms with van der Waals surface area (Å²) in [6.45, 7) is 3.89. The van der Waals surface area contributed by atoms with Crippen LogP contribution in [-0.2, 0) is 11.6 Å². The van der Waals surface area contributed by atoms with Crippen molar-refractivity contribution in [2.45, 2.75) is 31.9 Å². The van der Waals surface area contributed by atoms with E-state index in [0.29, 0.717) is 12.5 Å². The van der Waals surface area contributed by atoms with Gasteiger partial charge in [-0.05, 0) is 29.5 Å². The first-order valence-corrected chi connectivity index (χ1v) is 5.71. The Morgan fingerprint density at radius 1 is 1.28 bits per heavy atom. The topological polar surface area (TPSA) is 26.0 Å². The van der Waals surface area contributed by atoms with Gasteiger partial charge in [0, 0.05) is 12.0 Å². The summed E-state index contributed by atoms with van der Waals surface area (Å²) >= 11 is 0. The number of nitrogens with two attached hydrogens (primary N) is 1. The number of rotatable bonds is 2. The van der Waals surface area contributed by atoms with Crippen LogP contribution in [0.25, 0.3) is 0 Å². The van der Waals surface area contributed by atoms with Crippen molar-refractivity contribution in [3.05, 3.63) is 35.1 Å². The summed E-state index contributed by atoms with van der Waals surface area (Å²) in [5.74, 6) is -0.878. The molecule has 0 aliphatic heterocycles. The molecule has 0 radical (unpaired) electrons. The Balaban J connectivity index is 2.59. The van der Waals surface area contributed by atoms with Gasteiger partial charge in [-0.3, -0.25) is 0 Å². The van der Waals surface area contributed by atoms with Crippen LogP contribution in [0.1, 0.15) is 31.4 Å². The van der Waals surface area contributed by atoms with Gasteiger partial charge in [0.25, 0.3) is 0 Å². The van der Waals surface area contributed by atoms with Crippen molar-refractivity contribution < 1.29 is 17.6 Å². The molecule has 0 bridgehead atoms. The normalized spacial score (nSPS) is 26.2. The van der Waals surface area contributed by atoms with E-state index in [-0.39, 0.29) is 17.5 Å². The fourth-order valence-corrected chi connectivity index (χ4v) is 2.80. The molecule has 0 saturated heterocycles. The van der Waals surface area contributed by atoms with Gasteiger partial charge < -0.3 is 5.73 Å². The summed E-state index contributed by atoms with van der Waals surface area (Å²) in [5.41, 5.74) is 3.91. The maximum absolute atomic E-state index is 13.1. The van der Waals surface area contributed by atoms with Crippen molar-refractivity contribution in [1.82, 2.24) is 0 Å². The molecule has 5 heteroatoms. The molecule has 1 atom stereocenters. The second-order valence-corrected chi connectivity index (χ2v) is 5.53. The minimum absolute atomic E-state index is 0.115. The summed E-state index contributed by atoms with van der Waals surface area (Å²) < 4.78 is 52.0. The van der Waals surface area contributed by atoms with Gasteiger partial charge >= 0.3 is 6.18 Å². The molecule has 0 amide bonds.